The first kappa shape index (κ1) is 27.1. The second-order valence-corrected chi connectivity index (χ2v) is 12.7. The van der Waals surface area contributed by atoms with Gasteiger partial charge in [0.2, 0.25) is 11.8 Å². The van der Waals surface area contributed by atoms with Crippen LogP contribution < -0.4 is 0 Å². The van der Waals surface area contributed by atoms with Crippen molar-refractivity contribution in [3.05, 3.63) is 36.9 Å². The Balaban J connectivity index is 1.52. The van der Waals surface area contributed by atoms with Crippen LogP contribution in [0.15, 0.2) is 36.9 Å². The highest BCUT2D eigenvalue weighted by molar-refractivity contribution is 9.09. The molecule has 2 amide bonds. The van der Waals surface area contributed by atoms with E-state index in [-0.39, 0.29) is 54.3 Å². The molecule has 3 unspecified atom stereocenters. The van der Waals surface area contributed by atoms with Gasteiger partial charge in [-0.05, 0) is 38.3 Å². The SMILES string of the molecule is C=CCN(Cn1nnc2ccccc21)C(=O)C1N(CCCCO)C(=O)[C@@H]2[C@@H](C(=O)OCC)[C@@H]3SC12CC3Br. The fourth-order valence-electron chi connectivity index (χ4n) is 6.28. The quantitative estimate of drug-likeness (QED) is 0.179. The average molecular weight is 607 g/mol. The summed E-state index contributed by atoms with van der Waals surface area (Å²) in [5, 5.41) is 17.7. The molecular weight excluding hydrogens is 574 g/mol. The lowest BCUT2D eigenvalue weighted by Crippen LogP contribution is -2.55. The van der Waals surface area contributed by atoms with Crippen LogP contribution in [0.4, 0.5) is 0 Å². The summed E-state index contributed by atoms with van der Waals surface area (Å²) < 4.78 is 6.32. The molecule has 3 aliphatic heterocycles. The number of thioether (sulfide) groups is 1. The average Bonchev–Trinajstić information content (AvgIpc) is 3.61. The van der Waals surface area contributed by atoms with Gasteiger partial charge in [-0.3, -0.25) is 14.4 Å². The van der Waals surface area contributed by atoms with Gasteiger partial charge in [0.25, 0.3) is 0 Å². The summed E-state index contributed by atoms with van der Waals surface area (Å²) in [6.45, 7) is 6.58. The molecule has 10 nitrogen and oxygen atoms in total. The standard InChI is InChI=1S/C26H32BrN5O5S/c1-3-11-30(15-32-18-10-6-5-9-17(18)28-29-32)24(35)22-26-14-16(27)21(38-26)19(25(36)37-4-2)20(26)23(34)31(22)12-7-8-13-33/h3,5-6,9-10,16,19-22,33H,1,4,7-8,11-15H2,2H3/t16?,19-,20+,21-,22?,26?/m1/s1. The van der Waals surface area contributed by atoms with Gasteiger partial charge >= 0.3 is 5.97 Å². The Hall–Kier alpha value is -2.44. The van der Waals surface area contributed by atoms with Crippen LogP contribution in [-0.2, 0) is 25.8 Å². The Morgan fingerprint density at radius 1 is 1.37 bits per heavy atom. The lowest BCUT2D eigenvalue weighted by Gasteiger charge is -2.37. The number of likely N-dealkylation sites (tertiary alicyclic amines) is 1. The van der Waals surface area contributed by atoms with Crippen molar-refractivity contribution in [1.82, 2.24) is 24.8 Å². The second-order valence-electron chi connectivity index (χ2n) is 9.95. The van der Waals surface area contributed by atoms with Gasteiger partial charge < -0.3 is 19.6 Å². The molecule has 3 saturated heterocycles. The fraction of sp³-hybridized carbons (Fsp3) is 0.577. The lowest BCUT2D eigenvalue weighted by molar-refractivity contribution is -0.153. The maximum atomic E-state index is 14.4. The Labute approximate surface area is 233 Å². The van der Waals surface area contributed by atoms with Crippen LogP contribution in [0.2, 0.25) is 0 Å². The first-order valence-corrected chi connectivity index (χ1v) is 14.7. The third-order valence-corrected chi connectivity index (χ3v) is 11.0. The van der Waals surface area contributed by atoms with E-state index in [9.17, 15) is 19.5 Å². The number of unbranched alkanes of at least 4 members (excludes halogenated alkanes) is 1. The Morgan fingerprint density at radius 3 is 2.89 bits per heavy atom. The molecule has 1 N–H and O–H groups in total. The molecule has 4 heterocycles. The molecule has 12 heteroatoms. The Kier molecular flexibility index (Phi) is 7.84. The molecule has 0 aliphatic carbocycles. The molecule has 1 aromatic heterocycles. The van der Waals surface area contributed by atoms with Crippen LogP contribution in [0.1, 0.15) is 26.2 Å². The molecule has 2 aromatic rings. The zero-order valence-corrected chi connectivity index (χ0v) is 23.6. The number of aliphatic hydroxyl groups excluding tert-OH is 1. The van der Waals surface area contributed by atoms with Gasteiger partial charge in [0.15, 0.2) is 0 Å². The molecule has 2 bridgehead atoms. The van der Waals surface area contributed by atoms with Crippen molar-refractivity contribution in [2.45, 2.75) is 53.7 Å². The van der Waals surface area contributed by atoms with Gasteiger partial charge in [0.05, 0.1) is 28.7 Å². The highest BCUT2D eigenvalue weighted by atomic mass is 79.9. The number of fused-ring (bicyclic) bond motifs is 2. The number of esters is 1. The summed E-state index contributed by atoms with van der Waals surface area (Å²) in [6.07, 6.45) is 3.32. The summed E-state index contributed by atoms with van der Waals surface area (Å²) in [7, 11) is 0. The van der Waals surface area contributed by atoms with E-state index < -0.39 is 22.6 Å². The molecule has 5 rings (SSSR count). The predicted octanol–water partition coefficient (Wildman–Crippen LogP) is 2.20. The van der Waals surface area contributed by atoms with Gasteiger partial charge in [0, 0.05) is 29.8 Å². The van der Waals surface area contributed by atoms with Gasteiger partial charge in [0.1, 0.15) is 18.2 Å². The van der Waals surface area contributed by atoms with Crippen molar-refractivity contribution >= 4 is 56.5 Å². The number of alkyl halides is 1. The Morgan fingerprint density at radius 2 is 2.16 bits per heavy atom. The summed E-state index contributed by atoms with van der Waals surface area (Å²) in [5.41, 5.74) is 1.52. The van der Waals surface area contributed by atoms with Crippen molar-refractivity contribution in [3.63, 3.8) is 0 Å². The van der Waals surface area contributed by atoms with Crippen molar-refractivity contribution < 1.29 is 24.2 Å². The third kappa shape index (κ3) is 4.34. The first-order valence-electron chi connectivity index (χ1n) is 13.0. The summed E-state index contributed by atoms with van der Waals surface area (Å²) in [4.78, 5) is 44.8. The number of rotatable bonds is 11. The van der Waals surface area contributed by atoms with Crippen molar-refractivity contribution in [2.75, 3.05) is 26.3 Å². The highest BCUT2D eigenvalue weighted by Gasteiger charge is 2.76. The number of para-hydroxylation sites is 1. The van der Waals surface area contributed by atoms with E-state index >= 15 is 0 Å². The molecule has 0 saturated carbocycles. The van der Waals surface area contributed by atoms with Crippen LogP contribution in [0, 0.1) is 11.8 Å². The number of ether oxygens (including phenoxy) is 1. The van der Waals surface area contributed by atoms with E-state index in [1.165, 1.54) is 0 Å². The van der Waals surface area contributed by atoms with Crippen LogP contribution >= 0.6 is 27.7 Å². The molecular formula is C26H32BrN5O5S. The maximum absolute atomic E-state index is 14.4. The van der Waals surface area contributed by atoms with E-state index in [4.69, 9.17) is 4.74 Å². The Bertz CT molecular complexity index is 1240. The molecule has 204 valence electrons. The summed E-state index contributed by atoms with van der Waals surface area (Å²) >= 11 is 5.34. The van der Waals surface area contributed by atoms with Crippen molar-refractivity contribution in [3.8, 4) is 0 Å². The number of halogens is 1. The number of carbonyl (C=O) groups excluding carboxylic acids is 3. The molecule has 1 spiro atoms. The van der Waals surface area contributed by atoms with Crippen molar-refractivity contribution in [1.29, 1.82) is 0 Å². The smallest absolute Gasteiger partial charge is 0.310 e. The molecule has 38 heavy (non-hydrogen) atoms. The largest absolute Gasteiger partial charge is 0.466 e. The monoisotopic (exact) mass is 605 g/mol. The second kappa shape index (κ2) is 11.0. The summed E-state index contributed by atoms with van der Waals surface area (Å²) in [5.74, 6) is -2.02. The zero-order valence-electron chi connectivity index (χ0n) is 21.2. The highest BCUT2D eigenvalue weighted by Crippen LogP contribution is 2.68. The van der Waals surface area contributed by atoms with E-state index in [1.807, 2.05) is 24.3 Å². The van der Waals surface area contributed by atoms with Gasteiger partial charge in [-0.1, -0.05) is 39.4 Å². The number of hydrogen-bond donors (Lipinski definition) is 1. The van der Waals surface area contributed by atoms with E-state index in [2.05, 4.69) is 32.8 Å². The topological polar surface area (TPSA) is 118 Å². The normalized spacial score (nSPS) is 29.6. The zero-order chi connectivity index (χ0) is 27.0. The molecule has 3 fully saturated rings. The predicted molar refractivity (Wildman–Crippen MR) is 146 cm³/mol. The van der Waals surface area contributed by atoms with Crippen LogP contribution in [0.5, 0.6) is 0 Å². The first-order chi connectivity index (χ1) is 18.4. The third-order valence-electron chi connectivity index (χ3n) is 7.78. The van der Waals surface area contributed by atoms with Crippen LogP contribution in [0.25, 0.3) is 11.0 Å². The number of aliphatic hydroxyl groups is 1. The van der Waals surface area contributed by atoms with Gasteiger partial charge in [-0.15, -0.1) is 23.4 Å². The summed E-state index contributed by atoms with van der Waals surface area (Å²) in [6, 6.07) is 6.77. The van der Waals surface area contributed by atoms with E-state index in [0.717, 1.165) is 11.0 Å². The van der Waals surface area contributed by atoms with E-state index in [1.54, 1.807) is 39.2 Å². The fourth-order valence-corrected chi connectivity index (χ4v) is 9.88. The minimum atomic E-state index is -0.761. The number of carbonyl (C=O) groups is 3. The molecule has 1 aromatic carbocycles. The van der Waals surface area contributed by atoms with Gasteiger partial charge in [-0.25, -0.2) is 4.68 Å². The van der Waals surface area contributed by atoms with Crippen LogP contribution in [-0.4, -0.2) is 94.9 Å². The minimum Gasteiger partial charge on any atom is -0.466 e. The van der Waals surface area contributed by atoms with E-state index in [0.29, 0.717) is 25.8 Å². The molecule has 3 aliphatic rings. The molecule has 0 radical (unpaired) electrons. The van der Waals surface area contributed by atoms with Crippen LogP contribution in [0.3, 0.4) is 0 Å². The number of aromatic nitrogens is 3. The number of benzene rings is 1. The van der Waals surface area contributed by atoms with Crippen molar-refractivity contribution in [2.24, 2.45) is 11.8 Å². The van der Waals surface area contributed by atoms with Gasteiger partial charge in [-0.2, -0.15) is 0 Å². The maximum Gasteiger partial charge on any atom is 0.310 e. The number of hydrogen-bond acceptors (Lipinski definition) is 8. The molecule has 6 atom stereocenters. The number of nitrogens with zero attached hydrogens (tertiary/aromatic N) is 5. The lowest BCUT2D eigenvalue weighted by atomic mass is 9.71. The number of amides is 2. The minimum absolute atomic E-state index is 0.00290.